The molecule has 0 bridgehead atoms. The molecule has 282 valence electrons. The van der Waals surface area contributed by atoms with E-state index in [0.717, 1.165) is 6.42 Å². The Kier molecular flexibility index (Phi) is 7.29. The van der Waals surface area contributed by atoms with Gasteiger partial charge in [0.1, 0.15) is 0 Å². The van der Waals surface area contributed by atoms with E-state index in [0.29, 0.717) is 5.92 Å². The van der Waals surface area contributed by atoms with Gasteiger partial charge in [-0.3, -0.25) is 0 Å². The first-order valence-corrected chi connectivity index (χ1v) is 21.3. The van der Waals surface area contributed by atoms with Crippen LogP contribution >= 0.6 is 0 Å². The molecule has 0 fully saturated rings. The van der Waals surface area contributed by atoms with Crippen molar-refractivity contribution >= 4 is 71.1 Å². The fourth-order valence-corrected chi connectivity index (χ4v) is 11.3. The van der Waals surface area contributed by atoms with Crippen molar-refractivity contribution in [2.24, 2.45) is 5.92 Å². The molecule has 13 rings (SSSR count). The molecule has 0 spiro atoms. The third-order valence-corrected chi connectivity index (χ3v) is 13.7. The molecule has 0 saturated heterocycles. The quantitative estimate of drug-likeness (QED) is 0.173. The second kappa shape index (κ2) is 13.0. The van der Waals surface area contributed by atoms with Crippen molar-refractivity contribution in [1.29, 1.82) is 0 Å². The third kappa shape index (κ3) is 4.76. The molecule has 1 aromatic heterocycles. The van der Waals surface area contributed by atoms with Crippen LogP contribution in [0.4, 0.5) is 11.4 Å². The minimum absolute atomic E-state index is 0.112. The molecule has 2 nitrogen and oxygen atoms in total. The van der Waals surface area contributed by atoms with Gasteiger partial charge in [0.2, 0.25) is 0 Å². The van der Waals surface area contributed by atoms with Crippen molar-refractivity contribution in [3.05, 3.63) is 229 Å². The maximum atomic E-state index is 2.70. The highest BCUT2D eigenvalue weighted by Gasteiger charge is 2.48. The SMILES string of the molecule is C1=CCC2C(=C1)C(c1cccc3ccccc13)=CC1C2c2ccc3c4c5ccccc5c(-c5cccc6ccccc56)cc4n(-c4ccccc4)c3c2N1c1ccccc1. The number of aromatic nitrogens is 1. The van der Waals surface area contributed by atoms with Crippen LogP contribution in [0.25, 0.3) is 76.5 Å². The van der Waals surface area contributed by atoms with Gasteiger partial charge < -0.3 is 9.47 Å². The van der Waals surface area contributed by atoms with E-state index in [-0.39, 0.29) is 12.0 Å². The number of para-hydroxylation sites is 2. The lowest BCUT2D eigenvalue weighted by Gasteiger charge is -2.40. The number of fused-ring (bicyclic) bond motifs is 13. The second-order valence-corrected chi connectivity index (χ2v) is 16.7. The number of hydrogen-bond donors (Lipinski definition) is 0. The average Bonchev–Trinajstić information content (AvgIpc) is 3.84. The first-order chi connectivity index (χ1) is 29.8. The first kappa shape index (κ1) is 33.5. The summed E-state index contributed by atoms with van der Waals surface area (Å²) in [5, 5.41) is 10.2. The van der Waals surface area contributed by atoms with Gasteiger partial charge in [-0.2, -0.15) is 0 Å². The van der Waals surface area contributed by atoms with Gasteiger partial charge in [-0.05, 0) is 108 Å². The van der Waals surface area contributed by atoms with Gasteiger partial charge >= 0.3 is 0 Å². The lowest BCUT2D eigenvalue weighted by molar-refractivity contribution is 0.464. The Balaban J connectivity index is 1.16. The number of allylic oxidation sites excluding steroid dienone is 5. The summed E-state index contributed by atoms with van der Waals surface area (Å²) >= 11 is 0. The lowest BCUT2D eigenvalue weighted by atomic mass is 9.67. The molecule has 0 N–H and O–H groups in total. The lowest BCUT2D eigenvalue weighted by Crippen LogP contribution is -2.36. The van der Waals surface area contributed by atoms with Gasteiger partial charge in [0, 0.05) is 28.1 Å². The highest BCUT2D eigenvalue weighted by Crippen LogP contribution is 2.60. The predicted molar refractivity (Wildman–Crippen MR) is 254 cm³/mol. The van der Waals surface area contributed by atoms with E-state index in [2.05, 4.69) is 222 Å². The van der Waals surface area contributed by atoms with Crippen molar-refractivity contribution in [2.75, 3.05) is 4.90 Å². The van der Waals surface area contributed by atoms with Crippen molar-refractivity contribution in [3.8, 4) is 16.8 Å². The monoisotopic (exact) mass is 764 g/mol. The van der Waals surface area contributed by atoms with Crippen LogP contribution in [0.3, 0.4) is 0 Å². The summed E-state index contributed by atoms with van der Waals surface area (Å²) in [6, 6.07) is 70.1. The van der Waals surface area contributed by atoms with E-state index in [1.54, 1.807) is 0 Å². The molecular formula is C58H40N2. The summed E-state index contributed by atoms with van der Waals surface area (Å²) < 4.78 is 2.59. The van der Waals surface area contributed by atoms with Crippen LogP contribution in [-0.2, 0) is 0 Å². The topological polar surface area (TPSA) is 8.17 Å². The molecule has 0 amide bonds. The summed E-state index contributed by atoms with van der Waals surface area (Å²) in [6.45, 7) is 0. The van der Waals surface area contributed by atoms with Crippen LogP contribution in [0.5, 0.6) is 0 Å². The fourth-order valence-electron chi connectivity index (χ4n) is 11.3. The molecular weight excluding hydrogens is 725 g/mol. The predicted octanol–water partition coefficient (Wildman–Crippen LogP) is 15.1. The van der Waals surface area contributed by atoms with Crippen LogP contribution < -0.4 is 4.90 Å². The van der Waals surface area contributed by atoms with Crippen LogP contribution in [0.15, 0.2) is 218 Å². The zero-order valence-electron chi connectivity index (χ0n) is 33.0. The number of hydrogen-bond acceptors (Lipinski definition) is 1. The fraction of sp³-hybridized carbons (Fsp3) is 0.0690. The number of rotatable bonds is 4. The maximum absolute atomic E-state index is 2.70. The molecule has 3 aliphatic rings. The normalized spacial score (nSPS) is 18.2. The van der Waals surface area contributed by atoms with E-state index in [1.807, 2.05) is 0 Å². The van der Waals surface area contributed by atoms with E-state index in [4.69, 9.17) is 0 Å². The largest absolute Gasteiger partial charge is 0.332 e. The van der Waals surface area contributed by atoms with Crippen molar-refractivity contribution in [2.45, 2.75) is 18.4 Å². The summed E-state index contributed by atoms with van der Waals surface area (Å²) in [6.07, 6.45) is 10.7. The van der Waals surface area contributed by atoms with Gasteiger partial charge in [0.05, 0.1) is 22.8 Å². The molecule has 0 radical (unpaired) electrons. The summed E-state index contributed by atoms with van der Waals surface area (Å²) in [5.74, 6) is 0.599. The van der Waals surface area contributed by atoms with E-state index < -0.39 is 0 Å². The zero-order chi connectivity index (χ0) is 39.3. The maximum Gasteiger partial charge on any atom is 0.0782 e. The minimum atomic E-state index is 0.112. The Labute approximate surface area is 349 Å². The number of nitrogens with zero attached hydrogens (tertiary/aromatic N) is 2. The Morgan fingerprint density at radius 1 is 0.483 bits per heavy atom. The van der Waals surface area contributed by atoms with Crippen LogP contribution in [-0.4, -0.2) is 10.6 Å². The van der Waals surface area contributed by atoms with Gasteiger partial charge in [-0.25, -0.2) is 0 Å². The molecule has 9 aromatic carbocycles. The second-order valence-electron chi connectivity index (χ2n) is 16.7. The molecule has 0 saturated carbocycles. The van der Waals surface area contributed by atoms with Crippen LogP contribution in [0.1, 0.15) is 23.5 Å². The van der Waals surface area contributed by atoms with Gasteiger partial charge in [-0.15, -0.1) is 0 Å². The molecule has 60 heavy (non-hydrogen) atoms. The summed E-state index contributed by atoms with van der Waals surface area (Å²) in [5.41, 5.74) is 14.3. The molecule has 2 heteroatoms. The zero-order valence-corrected chi connectivity index (χ0v) is 33.0. The summed E-state index contributed by atoms with van der Waals surface area (Å²) in [4.78, 5) is 2.70. The van der Waals surface area contributed by atoms with E-state index in [9.17, 15) is 0 Å². The van der Waals surface area contributed by atoms with Gasteiger partial charge in [0.15, 0.2) is 0 Å². The van der Waals surface area contributed by atoms with Gasteiger partial charge in [0.25, 0.3) is 0 Å². The highest BCUT2D eigenvalue weighted by molar-refractivity contribution is 6.27. The standard InChI is InChI=1S/C58H40N2/c1-3-21-39(22-4-1)59-53-35-51(43-31-15-19-37-17-7-9-25-41(37)43)45-27-11-13-29-47(45)55(53)49-33-34-50-56-48-30-14-12-28-46(48)52(44-32-16-20-38-18-8-10-26-42(38)44)36-54(56)60(58(50)57(49)59)40-23-5-2-6-24-40/h1-29,31-36,48,54,56H,30H2. The van der Waals surface area contributed by atoms with Crippen LogP contribution in [0.2, 0.25) is 0 Å². The Bertz CT molecular complexity index is 3460. The minimum Gasteiger partial charge on any atom is -0.332 e. The number of benzene rings is 9. The van der Waals surface area contributed by atoms with Crippen molar-refractivity contribution < 1.29 is 0 Å². The Morgan fingerprint density at radius 2 is 1.10 bits per heavy atom. The molecule has 2 aliphatic carbocycles. The Hall–Kier alpha value is -7.42. The smallest absolute Gasteiger partial charge is 0.0782 e. The average molecular weight is 765 g/mol. The summed E-state index contributed by atoms with van der Waals surface area (Å²) in [7, 11) is 0. The molecule has 2 heterocycles. The van der Waals surface area contributed by atoms with E-state index >= 15 is 0 Å². The third-order valence-electron chi connectivity index (χ3n) is 13.7. The van der Waals surface area contributed by atoms with Gasteiger partial charge in [-0.1, -0.05) is 182 Å². The van der Waals surface area contributed by atoms with E-state index in [1.165, 1.54) is 105 Å². The molecule has 3 atom stereocenters. The van der Waals surface area contributed by atoms with Crippen LogP contribution in [0, 0.1) is 5.92 Å². The Morgan fingerprint density at radius 3 is 1.85 bits per heavy atom. The molecule has 3 unspecified atom stereocenters. The molecule has 1 aliphatic heterocycles. The first-order valence-electron chi connectivity index (χ1n) is 21.3. The highest BCUT2D eigenvalue weighted by atomic mass is 15.2. The van der Waals surface area contributed by atoms with Crippen molar-refractivity contribution in [3.63, 3.8) is 0 Å². The molecule has 10 aromatic rings. The van der Waals surface area contributed by atoms with Crippen molar-refractivity contribution in [1.82, 2.24) is 4.57 Å². The number of anilines is 2.